The third-order valence-electron chi connectivity index (χ3n) is 2.66. The number of amides is 1. The van der Waals surface area contributed by atoms with Crippen LogP contribution in [0.25, 0.3) is 0 Å². The first-order valence-corrected chi connectivity index (χ1v) is 8.64. The molecule has 20 heavy (non-hydrogen) atoms. The van der Waals surface area contributed by atoms with Crippen LogP contribution in [0.3, 0.4) is 0 Å². The smallest absolute Gasteiger partial charge is 0.408 e. The molecule has 6 heteroatoms. The molecule has 0 spiro atoms. The number of alkyl halides is 1. The first-order chi connectivity index (χ1) is 9.62. The van der Waals surface area contributed by atoms with Gasteiger partial charge in [0.25, 0.3) is 0 Å². The van der Waals surface area contributed by atoms with Crippen LogP contribution in [0.15, 0.2) is 5.38 Å². The van der Waals surface area contributed by atoms with E-state index in [2.05, 4.69) is 26.2 Å². The average Bonchev–Trinajstić information content (AvgIpc) is 2.84. The topological polar surface area (TPSA) is 51.2 Å². The molecule has 1 heterocycles. The minimum Gasteiger partial charge on any atom is -0.444 e. The Labute approximate surface area is 134 Å². The van der Waals surface area contributed by atoms with Gasteiger partial charge in [-0.05, 0) is 26.7 Å². The van der Waals surface area contributed by atoms with Crippen LogP contribution < -0.4 is 5.32 Å². The van der Waals surface area contributed by atoms with E-state index in [0.717, 1.165) is 12.1 Å². The molecule has 0 aliphatic carbocycles. The Balaban J connectivity index is 3.01. The van der Waals surface area contributed by atoms with Gasteiger partial charge in [0.1, 0.15) is 10.6 Å². The lowest BCUT2D eigenvalue weighted by molar-refractivity contribution is 0.0486. The highest BCUT2D eigenvalue weighted by molar-refractivity contribution is 9.08. The summed E-state index contributed by atoms with van der Waals surface area (Å²) in [6, 6.07) is -1.28. The van der Waals surface area contributed by atoms with E-state index in [4.69, 9.17) is 6.11 Å². The summed E-state index contributed by atoms with van der Waals surface area (Å²) in [6.45, 7) is 9.32. The number of nitrogens with one attached hydrogen (secondary N) is 1. The molecule has 0 saturated carbocycles. The van der Waals surface area contributed by atoms with E-state index < -0.39 is 17.7 Å². The molecule has 1 N–H and O–H groups in total. The van der Waals surface area contributed by atoms with Crippen molar-refractivity contribution in [3.05, 3.63) is 16.1 Å². The molecule has 0 aliphatic rings. The normalized spacial score (nSPS) is 17.0. The van der Waals surface area contributed by atoms with Gasteiger partial charge in [0.05, 0.1) is 13.1 Å². The summed E-state index contributed by atoms with van der Waals surface area (Å²) >= 11 is 4.74. The third kappa shape index (κ3) is 5.40. The molecule has 0 fully saturated rings. The summed E-state index contributed by atoms with van der Waals surface area (Å²) in [5.41, 5.74) is 0.269. The zero-order valence-electron chi connectivity index (χ0n) is 13.6. The van der Waals surface area contributed by atoms with E-state index in [-0.39, 0.29) is 5.92 Å². The molecule has 2 atom stereocenters. The zero-order valence-corrected chi connectivity index (χ0v) is 15.0. The van der Waals surface area contributed by atoms with Crippen LogP contribution in [-0.4, -0.2) is 16.7 Å². The second kappa shape index (κ2) is 7.41. The molecule has 1 aromatic heterocycles. The molecule has 1 aromatic rings. The average molecular weight is 364 g/mol. The first kappa shape index (κ1) is 15.8. The van der Waals surface area contributed by atoms with E-state index in [1.54, 1.807) is 20.8 Å². The van der Waals surface area contributed by atoms with Crippen LogP contribution in [0.4, 0.5) is 4.79 Å². The van der Waals surface area contributed by atoms with Crippen LogP contribution in [0, 0.1) is 5.92 Å². The minimum atomic E-state index is -1.28. The fraction of sp³-hybridized carbons (Fsp3) is 0.714. The van der Waals surface area contributed by atoms with Gasteiger partial charge in [-0.15, -0.1) is 11.3 Å². The highest BCUT2D eigenvalue weighted by Crippen LogP contribution is 2.28. The molecular weight excluding hydrogens is 340 g/mol. The summed E-state index contributed by atoms with van der Waals surface area (Å²) in [7, 11) is 0. The van der Waals surface area contributed by atoms with Crippen molar-refractivity contribution < 1.29 is 10.9 Å². The minimum absolute atomic E-state index is 0.0839. The lowest BCUT2D eigenvalue weighted by Gasteiger charge is -2.25. The highest BCUT2D eigenvalue weighted by Gasteiger charge is 2.26. The zero-order chi connectivity index (χ0) is 16.3. The highest BCUT2D eigenvalue weighted by atomic mass is 79.9. The van der Waals surface area contributed by atoms with E-state index in [9.17, 15) is 4.79 Å². The molecule has 114 valence electrons. The molecule has 0 saturated heterocycles. The standard InChI is InChI=1S/C14H23BrN2O2S/c1-6-9(2)11(12-16-10(7-15)8-20-12)17-13(18)19-14(3,4)5/h8-9,11H,6-7H2,1-5H3,(H,17,18)/t9-,11-/m0/s1/i11D. The lowest BCUT2D eigenvalue weighted by atomic mass is 10.00. The first-order valence-electron chi connectivity index (χ1n) is 7.14. The van der Waals surface area contributed by atoms with Crippen molar-refractivity contribution in [2.24, 2.45) is 5.92 Å². The second-order valence-electron chi connectivity index (χ2n) is 5.63. The van der Waals surface area contributed by atoms with Gasteiger partial charge in [-0.3, -0.25) is 0 Å². The molecule has 4 nitrogen and oxygen atoms in total. The maximum atomic E-state index is 12.1. The summed E-state index contributed by atoms with van der Waals surface area (Å²) in [5, 5.41) is 5.80. The van der Waals surface area contributed by atoms with Crippen LogP contribution in [0.5, 0.6) is 0 Å². The van der Waals surface area contributed by atoms with Crippen LogP contribution in [-0.2, 0) is 10.1 Å². The van der Waals surface area contributed by atoms with Gasteiger partial charge < -0.3 is 10.1 Å². The number of hydrogen-bond donors (Lipinski definition) is 1. The molecule has 0 unspecified atom stereocenters. The van der Waals surface area contributed by atoms with E-state index in [1.807, 2.05) is 19.2 Å². The Morgan fingerprint density at radius 1 is 1.65 bits per heavy atom. The number of thiazole rings is 1. The van der Waals surface area contributed by atoms with Gasteiger partial charge in [0.2, 0.25) is 0 Å². The summed E-state index contributed by atoms with van der Waals surface area (Å²) in [4.78, 5) is 16.5. The van der Waals surface area contributed by atoms with Crippen molar-refractivity contribution in [3.8, 4) is 0 Å². The van der Waals surface area contributed by atoms with Crippen molar-refractivity contribution in [2.45, 2.75) is 58.0 Å². The van der Waals surface area contributed by atoms with Crippen LogP contribution in [0.2, 0.25) is 0 Å². The number of carbonyl (C=O) groups is 1. The second-order valence-corrected chi connectivity index (χ2v) is 7.05. The number of nitrogens with zero attached hydrogens (tertiary/aromatic N) is 1. The predicted octanol–water partition coefficient (Wildman–Crippen LogP) is 4.65. The Kier molecular flexibility index (Phi) is 5.84. The largest absolute Gasteiger partial charge is 0.444 e. The van der Waals surface area contributed by atoms with Gasteiger partial charge >= 0.3 is 6.09 Å². The van der Waals surface area contributed by atoms with Crippen molar-refractivity contribution in [1.29, 1.82) is 0 Å². The summed E-state index contributed by atoms with van der Waals surface area (Å²) in [5.74, 6) is -0.0839. The predicted molar refractivity (Wildman–Crippen MR) is 86.3 cm³/mol. The van der Waals surface area contributed by atoms with E-state index >= 15 is 0 Å². The SMILES string of the molecule is [2H][C@@](NC(=O)OC(C)(C)C)(c1nc(CBr)cs1)[C@@H](C)CC. The molecule has 0 aliphatic heterocycles. The number of rotatable bonds is 5. The quantitative estimate of drug-likeness (QED) is 0.774. The fourth-order valence-corrected chi connectivity index (χ4v) is 2.93. The fourth-order valence-electron chi connectivity index (χ4n) is 1.50. The van der Waals surface area contributed by atoms with Crippen LogP contribution >= 0.6 is 27.3 Å². The molecular formula is C14H23BrN2O2S. The Hall–Kier alpha value is -0.620. The van der Waals surface area contributed by atoms with Gasteiger partial charge in [0, 0.05) is 10.7 Å². The summed E-state index contributed by atoms with van der Waals surface area (Å²) in [6.07, 6.45) is 0.163. The monoisotopic (exact) mass is 363 g/mol. The number of alkyl carbamates (subject to hydrolysis) is 1. The van der Waals surface area contributed by atoms with E-state index in [1.165, 1.54) is 11.3 Å². The van der Waals surface area contributed by atoms with Crippen molar-refractivity contribution in [3.63, 3.8) is 0 Å². The van der Waals surface area contributed by atoms with E-state index in [0.29, 0.717) is 10.3 Å². The Morgan fingerprint density at radius 2 is 2.30 bits per heavy atom. The van der Waals surface area contributed by atoms with Crippen molar-refractivity contribution >= 4 is 33.4 Å². The Bertz CT molecular complexity index is 490. The summed E-state index contributed by atoms with van der Waals surface area (Å²) < 4.78 is 14.0. The third-order valence-corrected chi connectivity index (χ3v) is 4.16. The van der Waals surface area contributed by atoms with Crippen LogP contribution in [0.1, 0.15) is 59.1 Å². The number of ether oxygens (including phenoxy) is 1. The van der Waals surface area contributed by atoms with Gasteiger partial charge in [-0.2, -0.15) is 0 Å². The van der Waals surface area contributed by atoms with Gasteiger partial charge in [-0.25, -0.2) is 9.78 Å². The van der Waals surface area contributed by atoms with Gasteiger partial charge in [0.15, 0.2) is 0 Å². The van der Waals surface area contributed by atoms with Gasteiger partial charge in [-0.1, -0.05) is 36.2 Å². The molecule has 1 rings (SSSR count). The number of aromatic nitrogens is 1. The number of halogens is 1. The van der Waals surface area contributed by atoms with Crippen molar-refractivity contribution in [2.75, 3.05) is 0 Å². The molecule has 0 bridgehead atoms. The Morgan fingerprint density at radius 3 is 2.75 bits per heavy atom. The maximum absolute atomic E-state index is 12.1. The number of carbonyl (C=O) groups excluding carboxylic acids is 1. The molecule has 1 amide bonds. The lowest BCUT2D eigenvalue weighted by Crippen LogP contribution is -2.37. The number of hydrogen-bond acceptors (Lipinski definition) is 4. The van der Waals surface area contributed by atoms with Crippen molar-refractivity contribution in [1.82, 2.24) is 10.3 Å². The molecule has 0 radical (unpaired) electrons. The molecule has 0 aromatic carbocycles. The maximum Gasteiger partial charge on any atom is 0.408 e.